The number of halogens is 3. The zero-order chi connectivity index (χ0) is 15.5. The van der Waals surface area contributed by atoms with Crippen LogP contribution in [-0.2, 0) is 0 Å². The van der Waals surface area contributed by atoms with Gasteiger partial charge in [-0.2, -0.15) is 0 Å². The predicted octanol–water partition coefficient (Wildman–Crippen LogP) is 6.19. The number of benzene rings is 2. The highest BCUT2D eigenvalue weighted by molar-refractivity contribution is 6.43. The summed E-state index contributed by atoms with van der Waals surface area (Å²) in [5.41, 5.74) is 2.57. The Labute approximate surface area is 143 Å². The average molecular weight is 350 g/mol. The number of aromatic nitrogens is 1. The maximum atomic E-state index is 6.14. The van der Waals surface area contributed by atoms with Gasteiger partial charge in [0.05, 0.1) is 27.6 Å². The second-order valence-electron chi connectivity index (χ2n) is 4.61. The lowest BCUT2D eigenvalue weighted by atomic mass is 10.3. The fraction of sp³-hybridized carbons (Fsp3) is 0. The Morgan fingerprint density at radius 1 is 0.864 bits per heavy atom. The Kier molecular flexibility index (Phi) is 4.53. The molecule has 0 aliphatic carbocycles. The molecule has 110 valence electrons. The van der Waals surface area contributed by atoms with E-state index >= 15 is 0 Å². The monoisotopic (exact) mass is 348 g/mol. The molecule has 0 saturated carbocycles. The predicted molar refractivity (Wildman–Crippen MR) is 94.5 cm³/mol. The van der Waals surface area contributed by atoms with E-state index in [1.165, 1.54) is 0 Å². The van der Waals surface area contributed by atoms with Crippen LogP contribution >= 0.6 is 34.8 Å². The molecule has 0 spiro atoms. The number of rotatable bonds is 3. The zero-order valence-electron chi connectivity index (χ0n) is 11.4. The van der Waals surface area contributed by atoms with Crippen LogP contribution in [0.2, 0.25) is 15.1 Å². The van der Waals surface area contributed by atoms with Crippen LogP contribution < -0.4 is 0 Å². The molecule has 0 aliphatic rings. The summed E-state index contributed by atoms with van der Waals surface area (Å²) in [5, 5.41) is 1.64. The van der Waals surface area contributed by atoms with Crippen molar-refractivity contribution in [2.24, 2.45) is 4.99 Å². The SMILES string of the molecule is Clc1ccc(-n2cccc2C=Nc2cccc(Cl)c2Cl)cc1. The lowest BCUT2D eigenvalue weighted by molar-refractivity contribution is 1.07. The topological polar surface area (TPSA) is 17.3 Å². The molecule has 0 atom stereocenters. The van der Waals surface area contributed by atoms with Crippen molar-refractivity contribution in [3.8, 4) is 5.69 Å². The van der Waals surface area contributed by atoms with E-state index in [9.17, 15) is 0 Å². The molecule has 0 bridgehead atoms. The first-order valence-electron chi connectivity index (χ1n) is 6.56. The fourth-order valence-electron chi connectivity index (χ4n) is 2.06. The summed E-state index contributed by atoms with van der Waals surface area (Å²) in [7, 11) is 0. The first-order chi connectivity index (χ1) is 10.6. The molecule has 0 unspecified atom stereocenters. The molecule has 1 aromatic heterocycles. The summed E-state index contributed by atoms with van der Waals surface area (Å²) >= 11 is 18.1. The van der Waals surface area contributed by atoms with Crippen molar-refractivity contribution in [1.29, 1.82) is 0 Å². The lowest BCUT2D eigenvalue weighted by Crippen LogP contribution is -1.97. The normalized spacial score (nSPS) is 11.2. The molecule has 0 fully saturated rings. The number of hydrogen-bond acceptors (Lipinski definition) is 1. The Bertz CT molecular complexity index is 820. The largest absolute Gasteiger partial charge is 0.316 e. The average Bonchev–Trinajstić information content (AvgIpc) is 2.98. The molecular weight excluding hydrogens is 339 g/mol. The number of hydrogen-bond donors (Lipinski definition) is 0. The van der Waals surface area contributed by atoms with Gasteiger partial charge in [-0.3, -0.25) is 4.99 Å². The summed E-state index contributed by atoms with van der Waals surface area (Å²) in [6.07, 6.45) is 3.72. The van der Waals surface area contributed by atoms with Crippen LogP contribution in [0.1, 0.15) is 5.69 Å². The smallest absolute Gasteiger partial charge is 0.0848 e. The minimum absolute atomic E-state index is 0.449. The third-order valence-electron chi connectivity index (χ3n) is 3.15. The molecule has 22 heavy (non-hydrogen) atoms. The van der Waals surface area contributed by atoms with E-state index in [0.29, 0.717) is 20.8 Å². The van der Waals surface area contributed by atoms with Crippen LogP contribution in [0.3, 0.4) is 0 Å². The van der Waals surface area contributed by atoms with Crippen molar-refractivity contribution in [3.05, 3.63) is 81.6 Å². The second kappa shape index (κ2) is 6.57. The van der Waals surface area contributed by atoms with Gasteiger partial charge in [0.15, 0.2) is 0 Å². The molecular formula is C17H11Cl3N2. The first kappa shape index (κ1) is 15.2. The van der Waals surface area contributed by atoms with E-state index < -0.39 is 0 Å². The fourth-order valence-corrected chi connectivity index (χ4v) is 2.53. The van der Waals surface area contributed by atoms with Crippen LogP contribution in [0.25, 0.3) is 5.69 Å². The van der Waals surface area contributed by atoms with Crippen molar-refractivity contribution in [3.63, 3.8) is 0 Å². The highest BCUT2D eigenvalue weighted by Crippen LogP contribution is 2.31. The lowest BCUT2D eigenvalue weighted by Gasteiger charge is -2.06. The van der Waals surface area contributed by atoms with Gasteiger partial charge in [-0.25, -0.2) is 0 Å². The summed E-state index contributed by atoms with van der Waals surface area (Å²) in [5.74, 6) is 0. The van der Waals surface area contributed by atoms with E-state index in [-0.39, 0.29) is 0 Å². The summed E-state index contributed by atoms with van der Waals surface area (Å²) < 4.78 is 2.01. The maximum absolute atomic E-state index is 6.14. The molecule has 0 aliphatic heterocycles. The minimum Gasteiger partial charge on any atom is -0.316 e. The van der Waals surface area contributed by atoms with Crippen LogP contribution in [0, 0.1) is 0 Å². The third kappa shape index (κ3) is 3.20. The maximum Gasteiger partial charge on any atom is 0.0848 e. The van der Waals surface area contributed by atoms with Crippen LogP contribution in [0.5, 0.6) is 0 Å². The molecule has 2 nitrogen and oxygen atoms in total. The summed E-state index contributed by atoms with van der Waals surface area (Å²) in [6, 6.07) is 16.9. The Balaban J connectivity index is 1.94. The highest BCUT2D eigenvalue weighted by atomic mass is 35.5. The van der Waals surface area contributed by atoms with Crippen LogP contribution in [0.15, 0.2) is 65.8 Å². The van der Waals surface area contributed by atoms with Gasteiger partial charge in [0.25, 0.3) is 0 Å². The van der Waals surface area contributed by atoms with E-state index in [1.54, 1.807) is 12.3 Å². The standard InChI is InChI=1S/C17H11Cl3N2/c18-12-6-8-13(9-7-12)22-10-2-3-14(22)11-21-16-5-1-4-15(19)17(16)20/h1-11H. The molecule has 1 heterocycles. The highest BCUT2D eigenvalue weighted by Gasteiger charge is 2.04. The van der Waals surface area contributed by atoms with Gasteiger partial charge in [-0.1, -0.05) is 40.9 Å². The van der Waals surface area contributed by atoms with Gasteiger partial charge in [0, 0.05) is 16.9 Å². The van der Waals surface area contributed by atoms with Gasteiger partial charge in [0.2, 0.25) is 0 Å². The van der Waals surface area contributed by atoms with Crippen molar-refractivity contribution in [1.82, 2.24) is 4.57 Å². The van der Waals surface area contributed by atoms with Gasteiger partial charge in [-0.05, 0) is 48.5 Å². The van der Waals surface area contributed by atoms with E-state index in [1.807, 2.05) is 59.3 Å². The van der Waals surface area contributed by atoms with E-state index in [4.69, 9.17) is 34.8 Å². The Hall–Kier alpha value is -1.74. The summed E-state index contributed by atoms with van der Waals surface area (Å²) in [4.78, 5) is 4.42. The number of nitrogens with zero attached hydrogens (tertiary/aromatic N) is 2. The van der Waals surface area contributed by atoms with Gasteiger partial charge in [-0.15, -0.1) is 0 Å². The van der Waals surface area contributed by atoms with Crippen molar-refractivity contribution < 1.29 is 0 Å². The van der Waals surface area contributed by atoms with E-state index in [2.05, 4.69) is 4.99 Å². The van der Waals surface area contributed by atoms with Crippen molar-refractivity contribution >= 4 is 46.7 Å². The summed E-state index contributed by atoms with van der Waals surface area (Å²) in [6.45, 7) is 0. The van der Waals surface area contributed by atoms with Gasteiger partial charge < -0.3 is 4.57 Å². The second-order valence-corrected chi connectivity index (χ2v) is 5.83. The Morgan fingerprint density at radius 2 is 1.64 bits per heavy atom. The third-order valence-corrected chi connectivity index (χ3v) is 4.21. The Morgan fingerprint density at radius 3 is 2.41 bits per heavy atom. The molecule has 3 aromatic rings. The minimum atomic E-state index is 0.449. The molecule has 0 N–H and O–H groups in total. The zero-order valence-corrected chi connectivity index (χ0v) is 13.6. The van der Waals surface area contributed by atoms with E-state index in [0.717, 1.165) is 11.4 Å². The first-order valence-corrected chi connectivity index (χ1v) is 7.70. The molecule has 2 aromatic carbocycles. The quantitative estimate of drug-likeness (QED) is 0.502. The molecule has 0 saturated heterocycles. The van der Waals surface area contributed by atoms with Crippen LogP contribution in [-0.4, -0.2) is 10.8 Å². The van der Waals surface area contributed by atoms with Gasteiger partial charge >= 0.3 is 0 Å². The van der Waals surface area contributed by atoms with Crippen molar-refractivity contribution in [2.45, 2.75) is 0 Å². The van der Waals surface area contributed by atoms with Gasteiger partial charge in [0.1, 0.15) is 0 Å². The molecule has 3 rings (SSSR count). The molecule has 0 amide bonds. The number of aliphatic imine (C=N–C) groups is 1. The van der Waals surface area contributed by atoms with Crippen LogP contribution in [0.4, 0.5) is 5.69 Å². The van der Waals surface area contributed by atoms with Crippen molar-refractivity contribution in [2.75, 3.05) is 0 Å². The molecule has 0 radical (unpaired) electrons. The molecule has 5 heteroatoms.